The van der Waals surface area contributed by atoms with Crippen molar-refractivity contribution in [2.24, 2.45) is 0 Å². The molecule has 0 aliphatic carbocycles. The van der Waals surface area contributed by atoms with Gasteiger partial charge in [0.05, 0.1) is 18.0 Å². The van der Waals surface area contributed by atoms with Crippen LogP contribution in [0.25, 0.3) is 0 Å². The maximum absolute atomic E-state index is 12.9. The number of carbonyl (C=O) groups excluding carboxylic acids is 1. The number of aliphatic hydroxyl groups excluding tert-OH is 1. The van der Waals surface area contributed by atoms with E-state index in [1.54, 1.807) is 4.90 Å². The van der Waals surface area contributed by atoms with E-state index in [1.165, 1.54) is 16.7 Å². The van der Waals surface area contributed by atoms with Crippen molar-refractivity contribution in [3.05, 3.63) is 0 Å². The van der Waals surface area contributed by atoms with Crippen LogP contribution in [0.15, 0.2) is 0 Å². The minimum Gasteiger partial charge on any atom is -0.480 e. The Morgan fingerprint density at radius 1 is 1.29 bits per heavy atom. The van der Waals surface area contributed by atoms with Gasteiger partial charge in [-0.2, -0.15) is 0 Å². The van der Waals surface area contributed by atoms with Crippen molar-refractivity contribution in [2.45, 2.75) is 56.5 Å². The molecular formula is C14H24N2O4S. The molecule has 2 amide bonds. The lowest BCUT2D eigenvalue weighted by molar-refractivity contribution is -0.141. The maximum atomic E-state index is 12.9. The summed E-state index contributed by atoms with van der Waals surface area (Å²) in [6.45, 7) is 2.52. The lowest BCUT2D eigenvalue weighted by Crippen LogP contribution is -2.54. The van der Waals surface area contributed by atoms with Crippen molar-refractivity contribution in [1.29, 1.82) is 0 Å². The summed E-state index contributed by atoms with van der Waals surface area (Å²) in [7, 11) is 0. The lowest BCUT2D eigenvalue weighted by Gasteiger charge is -2.36. The first-order valence-corrected chi connectivity index (χ1v) is 8.69. The van der Waals surface area contributed by atoms with Crippen molar-refractivity contribution in [1.82, 2.24) is 9.80 Å². The van der Waals surface area contributed by atoms with Gasteiger partial charge in [0.15, 0.2) is 0 Å². The Morgan fingerprint density at radius 2 is 2.05 bits per heavy atom. The molecule has 120 valence electrons. The zero-order valence-electron chi connectivity index (χ0n) is 12.4. The van der Waals surface area contributed by atoms with Crippen LogP contribution in [0.4, 0.5) is 4.79 Å². The summed E-state index contributed by atoms with van der Waals surface area (Å²) in [5, 5.41) is 18.8. The van der Waals surface area contributed by atoms with Crippen LogP contribution in [0.3, 0.4) is 0 Å². The van der Waals surface area contributed by atoms with E-state index >= 15 is 0 Å². The Bertz CT molecular complexity index is 393. The number of aliphatic hydroxyl groups is 1. The summed E-state index contributed by atoms with van der Waals surface area (Å²) >= 11 is 1.53. The zero-order chi connectivity index (χ0) is 15.4. The summed E-state index contributed by atoms with van der Waals surface area (Å²) < 4.78 is 0. The number of likely N-dealkylation sites (tertiary alicyclic amines) is 1. The van der Waals surface area contributed by atoms with Crippen molar-refractivity contribution in [2.75, 3.05) is 18.9 Å². The molecule has 7 heteroatoms. The third kappa shape index (κ3) is 3.45. The first-order chi connectivity index (χ1) is 10.1. The van der Waals surface area contributed by atoms with E-state index in [2.05, 4.69) is 0 Å². The number of amides is 2. The number of aliphatic carboxylic acids is 1. The molecule has 2 aliphatic heterocycles. The Balaban J connectivity index is 2.19. The Hall–Kier alpha value is -0.950. The van der Waals surface area contributed by atoms with Crippen LogP contribution in [0.2, 0.25) is 0 Å². The molecule has 2 aliphatic rings. The van der Waals surface area contributed by atoms with Crippen LogP contribution < -0.4 is 0 Å². The van der Waals surface area contributed by atoms with Gasteiger partial charge in [-0.05, 0) is 19.3 Å². The molecule has 6 nitrogen and oxygen atoms in total. The zero-order valence-corrected chi connectivity index (χ0v) is 13.2. The molecule has 0 saturated carbocycles. The van der Waals surface area contributed by atoms with Crippen LogP contribution in [0.1, 0.15) is 39.0 Å². The van der Waals surface area contributed by atoms with Crippen molar-refractivity contribution in [3.8, 4) is 0 Å². The number of urea groups is 1. The van der Waals surface area contributed by atoms with Gasteiger partial charge in [0, 0.05) is 12.3 Å². The summed E-state index contributed by atoms with van der Waals surface area (Å²) in [6, 6.07) is -1.16. The molecule has 3 unspecified atom stereocenters. The molecule has 21 heavy (non-hydrogen) atoms. The average Bonchev–Trinajstić information content (AvgIpc) is 2.77. The molecule has 0 aromatic rings. The Morgan fingerprint density at radius 3 is 2.67 bits per heavy atom. The molecule has 2 fully saturated rings. The highest BCUT2D eigenvalue weighted by molar-refractivity contribution is 8.00. The number of hydrogen-bond acceptors (Lipinski definition) is 4. The second-order valence-electron chi connectivity index (χ2n) is 5.62. The van der Waals surface area contributed by atoms with Gasteiger partial charge in [-0.1, -0.05) is 19.8 Å². The van der Waals surface area contributed by atoms with E-state index in [-0.39, 0.29) is 24.1 Å². The first-order valence-electron chi connectivity index (χ1n) is 7.64. The highest BCUT2D eigenvalue weighted by Crippen LogP contribution is 2.33. The number of nitrogens with zero attached hydrogens (tertiary/aromatic N) is 2. The van der Waals surface area contributed by atoms with E-state index in [0.717, 1.165) is 32.1 Å². The smallest absolute Gasteiger partial charge is 0.327 e. The number of carboxylic acids is 1. The topological polar surface area (TPSA) is 81.1 Å². The molecule has 0 aromatic heterocycles. The van der Waals surface area contributed by atoms with E-state index in [1.807, 2.05) is 6.92 Å². The van der Waals surface area contributed by atoms with Gasteiger partial charge in [0.2, 0.25) is 0 Å². The minimum absolute atomic E-state index is 0.0543. The quantitative estimate of drug-likeness (QED) is 0.826. The number of hydrogen-bond donors (Lipinski definition) is 2. The number of thioether (sulfide) groups is 1. The molecule has 0 bridgehead atoms. The van der Waals surface area contributed by atoms with Crippen LogP contribution in [0.5, 0.6) is 0 Å². The predicted molar refractivity (Wildman–Crippen MR) is 81.2 cm³/mol. The summed E-state index contributed by atoms with van der Waals surface area (Å²) in [5.74, 6) is -0.501. The normalized spacial score (nSPS) is 30.3. The molecule has 0 spiro atoms. The van der Waals surface area contributed by atoms with Crippen molar-refractivity contribution >= 4 is 23.8 Å². The molecular weight excluding hydrogens is 292 g/mol. The molecule has 0 aromatic carbocycles. The van der Waals surface area contributed by atoms with Gasteiger partial charge in [0.1, 0.15) is 6.04 Å². The van der Waals surface area contributed by atoms with Gasteiger partial charge in [-0.15, -0.1) is 11.8 Å². The fourth-order valence-corrected chi connectivity index (χ4v) is 4.43. The molecule has 2 heterocycles. The van der Waals surface area contributed by atoms with Gasteiger partial charge in [-0.25, -0.2) is 9.59 Å². The fraction of sp³-hybridized carbons (Fsp3) is 0.857. The Labute approximate surface area is 129 Å². The largest absolute Gasteiger partial charge is 0.480 e. The van der Waals surface area contributed by atoms with E-state index in [0.29, 0.717) is 12.3 Å². The van der Waals surface area contributed by atoms with Crippen LogP contribution in [0, 0.1) is 0 Å². The SMILES string of the molecule is CCC1SCC(C(=O)O)N1C(=O)N1CCCCCC1CO. The summed E-state index contributed by atoms with van der Waals surface area (Å²) in [5.41, 5.74) is 0. The van der Waals surface area contributed by atoms with Crippen LogP contribution in [-0.4, -0.2) is 68.4 Å². The minimum atomic E-state index is -0.942. The maximum Gasteiger partial charge on any atom is 0.327 e. The summed E-state index contributed by atoms with van der Waals surface area (Å²) in [4.78, 5) is 27.5. The van der Waals surface area contributed by atoms with Crippen molar-refractivity contribution in [3.63, 3.8) is 0 Å². The molecule has 3 atom stereocenters. The third-order valence-electron chi connectivity index (χ3n) is 4.28. The summed E-state index contributed by atoms with van der Waals surface area (Å²) in [6.07, 6.45) is 4.49. The highest BCUT2D eigenvalue weighted by atomic mass is 32.2. The highest BCUT2D eigenvalue weighted by Gasteiger charge is 2.43. The van der Waals surface area contributed by atoms with Crippen LogP contribution in [-0.2, 0) is 4.79 Å². The first kappa shape index (κ1) is 16.4. The predicted octanol–water partition coefficient (Wildman–Crippen LogP) is 1.58. The third-order valence-corrected chi connectivity index (χ3v) is 5.73. The van der Waals surface area contributed by atoms with Crippen LogP contribution >= 0.6 is 11.8 Å². The standard InChI is InChI=1S/C14H24N2O4S/c1-2-12-16(11(9-21-12)13(18)19)14(20)15-7-5-3-4-6-10(15)8-17/h10-12,17H,2-9H2,1H3,(H,18,19). The number of carbonyl (C=O) groups is 2. The molecule has 0 radical (unpaired) electrons. The molecule has 2 saturated heterocycles. The molecule has 2 rings (SSSR count). The van der Waals surface area contributed by atoms with Gasteiger partial charge in [0.25, 0.3) is 0 Å². The number of carboxylic acid groups (broad SMARTS) is 1. The Kier molecular flexibility index (Phi) is 5.75. The fourth-order valence-electron chi connectivity index (χ4n) is 3.09. The average molecular weight is 316 g/mol. The monoisotopic (exact) mass is 316 g/mol. The second kappa shape index (κ2) is 7.35. The van der Waals surface area contributed by atoms with Gasteiger partial charge >= 0.3 is 12.0 Å². The van der Waals surface area contributed by atoms with E-state index in [9.17, 15) is 19.8 Å². The second-order valence-corrected chi connectivity index (χ2v) is 6.83. The van der Waals surface area contributed by atoms with Gasteiger partial charge in [-0.3, -0.25) is 4.90 Å². The van der Waals surface area contributed by atoms with E-state index < -0.39 is 12.0 Å². The molecule has 2 N–H and O–H groups in total. The van der Waals surface area contributed by atoms with E-state index in [4.69, 9.17) is 0 Å². The van der Waals surface area contributed by atoms with Crippen molar-refractivity contribution < 1.29 is 19.8 Å². The lowest BCUT2D eigenvalue weighted by atomic mass is 10.1. The van der Waals surface area contributed by atoms with Gasteiger partial charge < -0.3 is 15.1 Å². The number of rotatable bonds is 3.